The first-order valence-electron chi connectivity index (χ1n) is 7.71. The third-order valence-electron chi connectivity index (χ3n) is 4.08. The first kappa shape index (κ1) is 17.1. The highest BCUT2D eigenvalue weighted by molar-refractivity contribution is 7.91. The Kier molecular flexibility index (Phi) is 4.54. The molecule has 0 saturated carbocycles. The van der Waals surface area contributed by atoms with Gasteiger partial charge in [0.15, 0.2) is 15.6 Å². The fraction of sp³-hybridized carbons (Fsp3) is 0.235. The molecule has 0 aliphatic carbocycles. The Morgan fingerprint density at radius 3 is 2.44 bits per heavy atom. The van der Waals surface area contributed by atoms with Crippen LogP contribution in [0.5, 0.6) is 0 Å². The summed E-state index contributed by atoms with van der Waals surface area (Å²) in [5.41, 5.74) is 0.629. The van der Waals surface area contributed by atoms with Gasteiger partial charge in [-0.1, -0.05) is 30.3 Å². The molecule has 0 bridgehead atoms. The van der Waals surface area contributed by atoms with Crippen molar-refractivity contribution in [2.45, 2.75) is 12.5 Å². The third kappa shape index (κ3) is 3.85. The van der Waals surface area contributed by atoms with Crippen molar-refractivity contribution >= 4 is 27.0 Å². The molecule has 1 fully saturated rings. The van der Waals surface area contributed by atoms with E-state index in [1.54, 1.807) is 30.3 Å². The number of hydrogen-bond acceptors (Lipinski definition) is 6. The van der Waals surface area contributed by atoms with Gasteiger partial charge in [-0.2, -0.15) is 0 Å². The smallest absolute Gasteiger partial charge is 0.293 e. The Bertz CT molecular complexity index is 925. The Balaban J connectivity index is 1.89. The van der Waals surface area contributed by atoms with Crippen LogP contribution in [0.1, 0.15) is 22.3 Å². The minimum atomic E-state index is -3.09. The highest BCUT2D eigenvalue weighted by Gasteiger charge is 2.29. The first-order valence-corrected chi connectivity index (χ1v) is 9.53. The molecule has 7 nitrogen and oxygen atoms in total. The molecule has 1 N–H and O–H groups in total. The van der Waals surface area contributed by atoms with Crippen LogP contribution in [-0.4, -0.2) is 36.7 Å². The van der Waals surface area contributed by atoms with E-state index in [1.807, 2.05) is 0 Å². The highest BCUT2D eigenvalue weighted by Crippen LogP contribution is 2.29. The van der Waals surface area contributed by atoms with E-state index in [0.29, 0.717) is 12.0 Å². The zero-order valence-electron chi connectivity index (χ0n) is 13.2. The fourth-order valence-corrected chi connectivity index (χ4v) is 4.50. The van der Waals surface area contributed by atoms with E-state index in [0.717, 1.165) is 0 Å². The lowest BCUT2D eigenvalue weighted by molar-refractivity contribution is -0.384. The van der Waals surface area contributed by atoms with Crippen LogP contribution in [0.3, 0.4) is 0 Å². The number of nitro groups is 1. The van der Waals surface area contributed by atoms with E-state index in [-0.39, 0.29) is 40.3 Å². The standard InChI is InChI=1S/C17H16N2O5S/c20-17(12-4-2-1-3-5-12)13-6-7-15(16(10-13)19(21)22)18-14-8-9-25(23,24)11-14/h1-7,10,14,18H,8-9,11H2. The molecule has 3 rings (SSSR count). The van der Waals surface area contributed by atoms with E-state index >= 15 is 0 Å². The van der Waals surface area contributed by atoms with Crippen LogP contribution in [-0.2, 0) is 9.84 Å². The molecule has 0 spiro atoms. The molecular weight excluding hydrogens is 344 g/mol. The number of carbonyl (C=O) groups is 1. The number of nitrogens with zero attached hydrogens (tertiary/aromatic N) is 1. The summed E-state index contributed by atoms with van der Waals surface area (Å²) in [6.45, 7) is 0. The van der Waals surface area contributed by atoms with E-state index in [9.17, 15) is 23.3 Å². The number of anilines is 1. The number of nitrogens with one attached hydrogen (secondary N) is 1. The van der Waals surface area contributed by atoms with Crippen molar-refractivity contribution in [3.63, 3.8) is 0 Å². The molecule has 1 aliphatic rings. The van der Waals surface area contributed by atoms with Crippen molar-refractivity contribution in [3.8, 4) is 0 Å². The summed E-state index contributed by atoms with van der Waals surface area (Å²) < 4.78 is 23.1. The van der Waals surface area contributed by atoms with Gasteiger partial charge in [-0.05, 0) is 18.6 Å². The number of hydrogen-bond donors (Lipinski definition) is 1. The minimum absolute atomic E-state index is 0.0468. The fourth-order valence-electron chi connectivity index (χ4n) is 2.83. The van der Waals surface area contributed by atoms with Crippen LogP contribution < -0.4 is 5.32 Å². The van der Waals surface area contributed by atoms with Gasteiger partial charge in [0.2, 0.25) is 0 Å². The predicted octanol–water partition coefficient (Wildman–Crippen LogP) is 2.42. The van der Waals surface area contributed by atoms with Gasteiger partial charge in [0, 0.05) is 23.2 Å². The molecule has 1 heterocycles. The van der Waals surface area contributed by atoms with E-state index < -0.39 is 14.8 Å². The summed E-state index contributed by atoms with van der Waals surface area (Å²) in [6.07, 6.45) is 0.407. The van der Waals surface area contributed by atoms with Gasteiger partial charge in [0.05, 0.1) is 16.4 Å². The van der Waals surface area contributed by atoms with Crippen LogP contribution in [0.2, 0.25) is 0 Å². The van der Waals surface area contributed by atoms with Gasteiger partial charge in [0.25, 0.3) is 5.69 Å². The van der Waals surface area contributed by atoms with Crippen molar-refractivity contribution in [2.75, 3.05) is 16.8 Å². The van der Waals surface area contributed by atoms with E-state index in [4.69, 9.17) is 0 Å². The number of ketones is 1. The quantitative estimate of drug-likeness (QED) is 0.499. The molecule has 2 aromatic rings. The van der Waals surface area contributed by atoms with Crippen LogP contribution >= 0.6 is 0 Å². The first-order chi connectivity index (χ1) is 11.9. The molecule has 1 aliphatic heterocycles. The second-order valence-corrected chi connectivity index (χ2v) is 8.16. The maximum atomic E-state index is 12.4. The van der Waals surface area contributed by atoms with Gasteiger partial charge >= 0.3 is 0 Å². The lowest BCUT2D eigenvalue weighted by atomic mass is 10.0. The average molecular weight is 360 g/mol. The number of carbonyl (C=O) groups excluding carboxylic acids is 1. The summed E-state index contributed by atoms with van der Waals surface area (Å²) >= 11 is 0. The predicted molar refractivity (Wildman–Crippen MR) is 93.7 cm³/mol. The normalized spacial score (nSPS) is 18.6. The highest BCUT2D eigenvalue weighted by atomic mass is 32.2. The third-order valence-corrected chi connectivity index (χ3v) is 5.85. The van der Waals surface area contributed by atoms with Crippen molar-refractivity contribution in [3.05, 3.63) is 69.8 Å². The Morgan fingerprint density at radius 1 is 1.12 bits per heavy atom. The zero-order valence-corrected chi connectivity index (χ0v) is 14.0. The van der Waals surface area contributed by atoms with E-state index in [2.05, 4.69) is 5.32 Å². The number of nitro benzene ring substituents is 1. The summed E-state index contributed by atoms with van der Waals surface area (Å²) in [5.74, 6) is -0.281. The molecule has 0 aromatic heterocycles. The van der Waals surface area contributed by atoms with E-state index in [1.165, 1.54) is 18.2 Å². The molecule has 8 heteroatoms. The van der Waals surface area contributed by atoms with Crippen molar-refractivity contribution in [1.82, 2.24) is 0 Å². The van der Waals surface area contributed by atoms with Crippen LogP contribution in [0.15, 0.2) is 48.5 Å². The van der Waals surface area contributed by atoms with Gasteiger partial charge in [0.1, 0.15) is 5.69 Å². The van der Waals surface area contributed by atoms with Crippen molar-refractivity contribution < 1.29 is 18.1 Å². The largest absolute Gasteiger partial charge is 0.376 e. The second-order valence-electron chi connectivity index (χ2n) is 5.93. The molecule has 2 aromatic carbocycles. The molecule has 25 heavy (non-hydrogen) atoms. The van der Waals surface area contributed by atoms with Crippen LogP contribution in [0.4, 0.5) is 11.4 Å². The minimum Gasteiger partial charge on any atom is -0.376 e. The molecule has 1 atom stereocenters. The second kappa shape index (κ2) is 6.64. The van der Waals surface area contributed by atoms with Crippen molar-refractivity contribution in [1.29, 1.82) is 0 Å². The summed E-state index contributed by atoms with van der Waals surface area (Å²) in [6, 6.07) is 12.3. The average Bonchev–Trinajstić information content (AvgIpc) is 2.93. The molecular formula is C17H16N2O5S. The zero-order chi connectivity index (χ0) is 18.0. The molecule has 130 valence electrons. The van der Waals surface area contributed by atoms with Gasteiger partial charge < -0.3 is 5.32 Å². The Hall–Kier alpha value is -2.74. The summed E-state index contributed by atoms with van der Waals surface area (Å²) in [5, 5.41) is 14.3. The topological polar surface area (TPSA) is 106 Å². The molecule has 0 amide bonds. The maximum Gasteiger partial charge on any atom is 0.293 e. The Labute approximate surface area is 144 Å². The maximum absolute atomic E-state index is 12.4. The summed E-state index contributed by atoms with van der Waals surface area (Å²) in [7, 11) is -3.09. The SMILES string of the molecule is O=C(c1ccccc1)c1ccc(NC2CCS(=O)(=O)C2)c([N+](=O)[O-])c1. The van der Waals surface area contributed by atoms with Crippen molar-refractivity contribution in [2.24, 2.45) is 0 Å². The van der Waals surface area contributed by atoms with Gasteiger partial charge in [-0.15, -0.1) is 0 Å². The van der Waals surface area contributed by atoms with Crippen LogP contribution in [0, 0.1) is 10.1 Å². The summed E-state index contributed by atoms with van der Waals surface area (Å²) in [4.78, 5) is 23.2. The van der Waals surface area contributed by atoms with Gasteiger partial charge in [-0.25, -0.2) is 8.42 Å². The lowest BCUT2D eigenvalue weighted by Gasteiger charge is -2.13. The Morgan fingerprint density at radius 2 is 1.84 bits per heavy atom. The number of benzene rings is 2. The van der Waals surface area contributed by atoms with Crippen LogP contribution in [0.25, 0.3) is 0 Å². The number of sulfone groups is 1. The monoisotopic (exact) mass is 360 g/mol. The molecule has 1 saturated heterocycles. The lowest BCUT2D eigenvalue weighted by Crippen LogP contribution is -2.21. The molecule has 0 radical (unpaired) electrons. The van der Waals surface area contributed by atoms with Gasteiger partial charge in [-0.3, -0.25) is 14.9 Å². The number of rotatable bonds is 5. The molecule has 1 unspecified atom stereocenters.